The van der Waals surface area contributed by atoms with Crippen LogP contribution < -0.4 is 0 Å². The van der Waals surface area contributed by atoms with E-state index in [1.54, 1.807) is 48.5 Å². The van der Waals surface area contributed by atoms with E-state index in [1.807, 2.05) is 29.2 Å². The van der Waals surface area contributed by atoms with Gasteiger partial charge in [0.15, 0.2) is 17.1 Å². The van der Waals surface area contributed by atoms with Crippen molar-refractivity contribution in [2.45, 2.75) is 72.5 Å². The number of nitrogens with zero attached hydrogens (tertiary/aromatic N) is 2. The molecule has 0 aromatic heterocycles. The minimum Gasteiger partial charge on any atom is -0.468 e. The largest absolute Gasteiger partial charge is 0.468 e. The fourth-order valence-corrected chi connectivity index (χ4v) is 5.80. The van der Waals surface area contributed by atoms with E-state index < -0.39 is 45.9 Å². The SMILES string of the molecule is CCC(C(=O)OC(C)(C)C)(C(=O)OC(C)(C)C)C1=CN=C2C=CC=CC23CN2CCC(=O)C(C(=O)OC)C2=C13. The highest BCUT2D eigenvalue weighted by molar-refractivity contribution is 6.12. The topological polar surface area (TPSA) is 112 Å². The summed E-state index contributed by atoms with van der Waals surface area (Å²) in [5.41, 5.74) is -2.63. The Morgan fingerprint density at radius 1 is 1.05 bits per heavy atom. The molecule has 9 heteroatoms. The van der Waals surface area contributed by atoms with Gasteiger partial charge in [-0.15, -0.1) is 0 Å². The summed E-state index contributed by atoms with van der Waals surface area (Å²) in [6, 6.07) is 0. The molecule has 210 valence electrons. The number of carbonyl (C=O) groups excluding carboxylic acids is 4. The van der Waals surface area contributed by atoms with Crippen molar-refractivity contribution in [1.82, 2.24) is 4.90 Å². The zero-order chi connectivity index (χ0) is 29.0. The zero-order valence-corrected chi connectivity index (χ0v) is 24.0. The third-order valence-corrected chi connectivity index (χ3v) is 7.43. The van der Waals surface area contributed by atoms with Gasteiger partial charge in [-0.25, -0.2) is 0 Å². The monoisotopic (exact) mass is 538 g/mol. The fourth-order valence-electron chi connectivity index (χ4n) is 5.80. The Bertz CT molecular complexity index is 1230. The molecule has 3 aliphatic heterocycles. The van der Waals surface area contributed by atoms with Crippen LogP contribution in [0.25, 0.3) is 0 Å². The number of hydrogen-bond acceptors (Lipinski definition) is 9. The van der Waals surface area contributed by atoms with E-state index in [-0.39, 0.29) is 24.2 Å². The maximum atomic E-state index is 14.1. The first-order valence-corrected chi connectivity index (χ1v) is 13.3. The van der Waals surface area contributed by atoms with E-state index in [9.17, 15) is 19.2 Å². The Morgan fingerprint density at radius 2 is 1.67 bits per heavy atom. The maximum Gasteiger partial charge on any atom is 0.328 e. The standard InChI is InChI=1S/C30H38N2O7/c1-9-30(25(35)38-27(2,3)4,26(36)39-28(5,6)7)18-16-31-20-12-10-11-14-29(20)17-32-15-13-19(33)21(24(34)37-8)23(32)22(18)29/h10-12,14,16,21H,9,13,15,17H2,1-8H3. The summed E-state index contributed by atoms with van der Waals surface area (Å²) < 4.78 is 16.8. The highest BCUT2D eigenvalue weighted by Gasteiger charge is 2.62. The van der Waals surface area contributed by atoms with Crippen molar-refractivity contribution in [1.29, 1.82) is 0 Å². The van der Waals surface area contributed by atoms with Crippen molar-refractivity contribution < 1.29 is 33.4 Å². The molecule has 0 bridgehead atoms. The normalized spacial score (nSPS) is 24.4. The summed E-state index contributed by atoms with van der Waals surface area (Å²) in [4.78, 5) is 61.3. The van der Waals surface area contributed by atoms with E-state index in [2.05, 4.69) is 0 Å². The lowest BCUT2D eigenvalue weighted by atomic mass is 9.63. The zero-order valence-electron chi connectivity index (χ0n) is 24.0. The average Bonchev–Trinajstić information content (AvgIpc) is 3.16. The van der Waals surface area contributed by atoms with Gasteiger partial charge in [0.05, 0.1) is 18.2 Å². The molecule has 0 saturated carbocycles. The number of rotatable bonds is 5. The smallest absolute Gasteiger partial charge is 0.328 e. The number of allylic oxidation sites excluding steroid dienone is 3. The summed E-state index contributed by atoms with van der Waals surface area (Å²) in [6.07, 6.45) is 9.27. The lowest BCUT2D eigenvalue weighted by Gasteiger charge is -2.41. The summed E-state index contributed by atoms with van der Waals surface area (Å²) in [6.45, 7) is 12.9. The molecule has 1 spiro atoms. The third-order valence-electron chi connectivity index (χ3n) is 7.43. The number of fused-ring (bicyclic) bond motifs is 1. The number of hydrogen-bond donors (Lipinski definition) is 0. The molecule has 0 aromatic carbocycles. The number of methoxy groups -OCH3 is 1. The van der Waals surface area contributed by atoms with Crippen LogP contribution in [-0.2, 0) is 33.4 Å². The molecule has 0 radical (unpaired) electrons. The van der Waals surface area contributed by atoms with E-state index in [4.69, 9.17) is 19.2 Å². The minimum absolute atomic E-state index is 0.0107. The molecule has 1 saturated heterocycles. The second kappa shape index (κ2) is 9.61. The molecule has 1 aliphatic carbocycles. The van der Waals surface area contributed by atoms with Crippen LogP contribution in [0.3, 0.4) is 0 Å². The van der Waals surface area contributed by atoms with Gasteiger partial charge < -0.3 is 19.1 Å². The number of Topliss-reactive ketones (excluding diaryl/α,β-unsaturated/α-hetero) is 1. The van der Waals surface area contributed by atoms with Gasteiger partial charge in [-0.1, -0.05) is 25.2 Å². The van der Waals surface area contributed by atoms with Gasteiger partial charge in [0.25, 0.3) is 0 Å². The van der Waals surface area contributed by atoms with Crippen LogP contribution in [0.2, 0.25) is 0 Å². The number of carbonyl (C=O) groups is 4. The van der Waals surface area contributed by atoms with Crippen LogP contribution in [-0.4, -0.2) is 65.7 Å². The van der Waals surface area contributed by atoms with E-state index in [0.29, 0.717) is 30.1 Å². The van der Waals surface area contributed by atoms with Gasteiger partial charge in [0.1, 0.15) is 11.2 Å². The number of ether oxygens (including phenoxy) is 3. The number of piperidine rings is 1. The lowest BCUT2D eigenvalue weighted by molar-refractivity contribution is -0.182. The summed E-state index contributed by atoms with van der Waals surface area (Å²) in [5, 5.41) is 0. The van der Waals surface area contributed by atoms with Crippen LogP contribution in [0.1, 0.15) is 61.3 Å². The number of esters is 3. The second-order valence-corrected chi connectivity index (χ2v) is 12.4. The van der Waals surface area contributed by atoms with Gasteiger partial charge in [-0.2, -0.15) is 0 Å². The summed E-state index contributed by atoms with van der Waals surface area (Å²) in [5.74, 6) is -3.68. The Morgan fingerprint density at radius 3 is 2.21 bits per heavy atom. The minimum atomic E-state index is -1.91. The number of aliphatic imine (C=N–C) groups is 1. The molecule has 2 atom stereocenters. The summed E-state index contributed by atoms with van der Waals surface area (Å²) >= 11 is 0. The van der Waals surface area contributed by atoms with E-state index >= 15 is 0 Å². The molecule has 0 aromatic rings. The first-order valence-electron chi connectivity index (χ1n) is 13.3. The molecule has 0 amide bonds. The Kier molecular flexibility index (Phi) is 7.02. The second-order valence-electron chi connectivity index (χ2n) is 12.4. The quantitative estimate of drug-likeness (QED) is 0.295. The van der Waals surface area contributed by atoms with Crippen molar-refractivity contribution in [2.75, 3.05) is 20.2 Å². The molecular formula is C30H38N2O7. The Balaban J connectivity index is 2.07. The van der Waals surface area contributed by atoms with E-state index in [1.165, 1.54) is 13.3 Å². The van der Waals surface area contributed by atoms with Crippen molar-refractivity contribution in [2.24, 2.45) is 21.7 Å². The molecule has 4 aliphatic rings. The fraction of sp³-hybridized carbons (Fsp3) is 0.567. The molecule has 0 N–H and O–H groups in total. The molecule has 2 unspecified atom stereocenters. The lowest BCUT2D eigenvalue weighted by Crippen LogP contribution is -2.50. The van der Waals surface area contributed by atoms with E-state index in [0.717, 1.165) is 0 Å². The van der Waals surface area contributed by atoms with Crippen molar-refractivity contribution in [3.8, 4) is 0 Å². The Hall–Kier alpha value is -3.49. The van der Waals surface area contributed by atoms with Crippen molar-refractivity contribution in [3.05, 3.63) is 47.3 Å². The van der Waals surface area contributed by atoms with Crippen LogP contribution in [0, 0.1) is 16.7 Å². The van der Waals surface area contributed by atoms with Gasteiger partial charge in [-0.05, 0) is 59.6 Å². The first kappa shape index (κ1) is 28.5. The van der Waals surface area contributed by atoms with Crippen molar-refractivity contribution in [3.63, 3.8) is 0 Å². The Labute approximate surface area is 229 Å². The maximum absolute atomic E-state index is 14.1. The molecule has 1 fully saturated rings. The third kappa shape index (κ3) is 4.66. The summed E-state index contributed by atoms with van der Waals surface area (Å²) in [7, 11) is 1.25. The van der Waals surface area contributed by atoms with Crippen LogP contribution in [0.5, 0.6) is 0 Å². The highest BCUT2D eigenvalue weighted by atomic mass is 16.6. The predicted molar refractivity (Wildman–Crippen MR) is 144 cm³/mol. The first-order chi connectivity index (χ1) is 18.1. The predicted octanol–water partition coefficient (Wildman–Crippen LogP) is 3.85. The van der Waals surface area contributed by atoms with Gasteiger partial charge in [0, 0.05) is 37.0 Å². The average molecular weight is 539 g/mol. The van der Waals surface area contributed by atoms with Crippen molar-refractivity contribution >= 4 is 29.4 Å². The van der Waals surface area contributed by atoms with Crippen LogP contribution in [0.15, 0.2) is 52.3 Å². The van der Waals surface area contributed by atoms with Gasteiger partial charge >= 0.3 is 17.9 Å². The molecule has 4 rings (SSSR count). The molecule has 9 nitrogen and oxygen atoms in total. The molecule has 3 heterocycles. The molecule has 39 heavy (non-hydrogen) atoms. The van der Waals surface area contributed by atoms with Crippen LogP contribution in [0.4, 0.5) is 0 Å². The van der Waals surface area contributed by atoms with Gasteiger partial charge in [-0.3, -0.25) is 24.2 Å². The molecular weight excluding hydrogens is 500 g/mol. The number of ketones is 1. The van der Waals surface area contributed by atoms with Gasteiger partial charge in [0.2, 0.25) is 0 Å². The van der Waals surface area contributed by atoms with Crippen LogP contribution >= 0.6 is 0 Å². The highest BCUT2D eigenvalue weighted by Crippen LogP contribution is 2.57.